The average molecular weight is 547 g/mol. The van der Waals surface area contributed by atoms with Gasteiger partial charge in [-0.05, 0) is 60.9 Å². The predicted octanol–water partition coefficient (Wildman–Crippen LogP) is 1.61. The third-order valence-electron chi connectivity index (χ3n) is 5.73. The first-order valence-electron chi connectivity index (χ1n) is 11.1. The van der Waals surface area contributed by atoms with E-state index in [1.165, 1.54) is 12.1 Å². The number of aromatic amines is 1. The first-order valence-corrected chi connectivity index (χ1v) is 11.9. The van der Waals surface area contributed by atoms with Crippen LogP contribution in [0.15, 0.2) is 51.4 Å². The molecule has 35 heavy (non-hydrogen) atoms. The van der Waals surface area contributed by atoms with E-state index < -0.39 is 24.3 Å². The second-order valence-corrected chi connectivity index (χ2v) is 8.98. The monoisotopic (exact) mass is 546 g/mol. The molecule has 1 aliphatic heterocycles. The number of aliphatic hydroxyl groups excluding tert-OH is 1. The van der Waals surface area contributed by atoms with E-state index in [1.54, 1.807) is 23.0 Å². The molecule has 0 spiro atoms. The van der Waals surface area contributed by atoms with Crippen molar-refractivity contribution in [3.8, 4) is 5.75 Å². The molecular weight excluding hydrogens is 521 g/mol. The largest absolute Gasteiger partial charge is 0.469 e. The molecule has 1 atom stereocenters. The summed E-state index contributed by atoms with van der Waals surface area (Å²) in [6.07, 6.45) is 5.08. The molecule has 0 amide bonds. The van der Waals surface area contributed by atoms with E-state index in [-0.39, 0.29) is 11.7 Å². The number of nitrogens with zero attached hydrogens (tertiary/aromatic N) is 4. The molecule has 1 fully saturated rings. The van der Waals surface area contributed by atoms with Crippen LogP contribution in [0.2, 0.25) is 0 Å². The number of rotatable bonds is 8. The number of fused-ring (bicyclic) bond motifs is 1. The van der Waals surface area contributed by atoms with Gasteiger partial charge in [0.25, 0.3) is 5.52 Å². The summed E-state index contributed by atoms with van der Waals surface area (Å²) >= 11 is 3.48. The van der Waals surface area contributed by atoms with E-state index in [1.807, 2.05) is 6.92 Å². The van der Waals surface area contributed by atoms with E-state index in [9.17, 15) is 14.3 Å². The molecule has 0 aliphatic carbocycles. The third kappa shape index (κ3) is 5.55. The Bertz CT molecular complexity index is 1270. The number of aromatic nitrogens is 3. The molecule has 184 valence electrons. The van der Waals surface area contributed by atoms with Gasteiger partial charge in [0.15, 0.2) is 5.75 Å². The number of hydrogen-bond donors (Lipinski definition) is 4. The number of halogens is 2. The number of carbonyl (C=O) groups excluding carboxylic acids is 1. The van der Waals surface area contributed by atoms with Crippen molar-refractivity contribution in [2.24, 2.45) is 15.9 Å². The van der Waals surface area contributed by atoms with E-state index in [4.69, 9.17) is 15.6 Å². The summed E-state index contributed by atoms with van der Waals surface area (Å²) in [6, 6.07) is 4.39. The Balaban J connectivity index is 1.76. The lowest BCUT2D eigenvalue weighted by Gasteiger charge is -2.20. The van der Waals surface area contributed by atoms with Crippen LogP contribution in [-0.2, 0) is 4.79 Å². The number of piperidine rings is 1. The predicted molar refractivity (Wildman–Crippen MR) is 131 cm³/mol. The summed E-state index contributed by atoms with van der Waals surface area (Å²) in [6.45, 7) is 2.90. The number of Topliss-reactive ketones (excluding diaryl/α,β-unsaturated/α-hetero) is 1. The van der Waals surface area contributed by atoms with Gasteiger partial charge >= 0.3 is 0 Å². The molecule has 0 bridgehead atoms. The van der Waals surface area contributed by atoms with Gasteiger partial charge in [0.1, 0.15) is 22.6 Å². The standard InChI is InChI=1S/C23H25BrFN7O3/c1-13(30-16-4-6-27-7-5-16)21(31-26)14-8-20(22-17(24)10-29-32(22)11-14)35-23(19(34)12-33)18-3-2-15(25)9-28-18/h2-3,8-11,16,23,27,33H,4-7,12H2,1H3,(H2,26,30)/p+1. The van der Waals surface area contributed by atoms with Crippen molar-refractivity contribution in [1.29, 1.82) is 0 Å². The zero-order valence-electron chi connectivity index (χ0n) is 19.0. The summed E-state index contributed by atoms with van der Waals surface area (Å²) < 4.78 is 21.9. The van der Waals surface area contributed by atoms with Gasteiger partial charge in [-0.3, -0.25) is 14.8 Å². The van der Waals surface area contributed by atoms with E-state index in [2.05, 4.69) is 36.4 Å². The topological polar surface area (TPSA) is 142 Å². The van der Waals surface area contributed by atoms with Gasteiger partial charge in [-0.25, -0.2) is 4.39 Å². The molecule has 3 aromatic heterocycles. The highest BCUT2D eigenvalue weighted by Gasteiger charge is 2.29. The zero-order chi connectivity index (χ0) is 24.9. The van der Waals surface area contributed by atoms with Crippen molar-refractivity contribution in [3.05, 3.63) is 58.3 Å². The number of hydrogen-bond acceptors (Lipinski definition) is 8. The molecule has 5 N–H and O–H groups in total. The quantitative estimate of drug-likeness (QED) is 0.146. The van der Waals surface area contributed by atoms with Crippen molar-refractivity contribution in [3.63, 3.8) is 0 Å². The van der Waals surface area contributed by atoms with Crippen LogP contribution < -0.4 is 20.4 Å². The molecule has 1 saturated heterocycles. The highest BCUT2D eigenvalue weighted by Crippen LogP contribution is 2.30. The number of nitrogens with one attached hydrogen (secondary N) is 2. The summed E-state index contributed by atoms with van der Waals surface area (Å²) in [4.78, 5) is 21.4. The fraction of sp³-hybridized carbons (Fsp3) is 0.348. The van der Waals surface area contributed by atoms with Crippen molar-refractivity contribution in [1.82, 2.24) is 15.4 Å². The van der Waals surface area contributed by atoms with Gasteiger partial charge in [-0.15, -0.1) is 0 Å². The Morgan fingerprint density at radius 2 is 2.20 bits per heavy atom. The minimum atomic E-state index is -1.26. The number of nitrogens with two attached hydrogens (primary N) is 1. The molecule has 12 heteroatoms. The minimum Gasteiger partial charge on any atom is -0.469 e. The number of carbonyl (C=O) groups is 1. The summed E-state index contributed by atoms with van der Waals surface area (Å²) in [5.41, 5.74) is 2.51. The van der Waals surface area contributed by atoms with Crippen molar-refractivity contribution >= 4 is 38.7 Å². The Morgan fingerprint density at radius 1 is 1.43 bits per heavy atom. The maximum atomic E-state index is 13.4. The summed E-state index contributed by atoms with van der Waals surface area (Å²) in [7, 11) is 0. The van der Waals surface area contributed by atoms with Gasteiger partial charge in [-0.1, -0.05) is 4.52 Å². The maximum Gasteiger partial charge on any atom is 0.292 e. The second-order valence-electron chi connectivity index (χ2n) is 8.13. The molecule has 4 rings (SSSR count). The van der Waals surface area contributed by atoms with E-state index >= 15 is 0 Å². The van der Waals surface area contributed by atoms with Crippen LogP contribution in [0, 0.1) is 5.82 Å². The van der Waals surface area contributed by atoms with Crippen LogP contribution in [0.1, 0.15) is 37.1 Å². The van der Waals surface area contributed by atoms with Gasteiger partial charge in [0, 0.05) is 6.07 Å². The number of hydrazone groups is 1. The van der Waals surface area contributed by atoms with Gasteiger partial charge in [0.05, 0.1) is 35.4 Å². The fourth-order valence-corrected chi connectivity index (χ4v) is 4.50. The van der Waals surface area contributed by atoms with Crippen LogP contribution in [0.4, 0.5) is 4.39 Å². The Labute approximate surface area is 209 Å². The molecule has 0 saturated carbocycles. The number of ether oxygens (including phenoxy) is 1. The van der Waals surface area contributed by atoms with Gasteiger partial charge in [0.2, 0.25) is 18.1 Å². The number of H-pyrrole nitrogens is 1. The SMILES string of the molecule is CC(=NC1CCNCC1)/C(=N\N)c1cc(OC(C(=O)CO)c2ccc(F)cn2)c2c(Br)c[nH][n+]2c1. The molecule has 1 unspecified atom stereocenters. The maximum absolute atomic E-state index is 13.4. The molecule has 10 nitrogen and oxygen atoms in total. The lowest BCUT2D eigenvalue weighted by molar-refractivity contribution is -0.577. The van der Waals surface area contributed by atoms with Crippen molar-refractivity contribution < 1.29 is 23.5 Å². The first-order chi connectivity index (χ1) is 16.9. The second kappa shape index (κ2) is 11.0. The highest BCUT2D eigenvalue weighted by molar-refractivity contribution is 9.10. The molecular formula is C23H26BrFN7O3+. The van der Waals surface area contributed by atoms with E-state index in [0.717, 1.165) is 32.1 Å². The lowest BCUT2D eigenvalue weighted by Crippen LogP contribution is -2.32. The highest BCUT2D eigenvalue weighted by atomic mass is 79.9. The smallest absolute Gasteiger partial charge is 0.292 e. The van der Waals surface area contributed by atoms with Crippen LogP contribution >= 0.6 is 15.9 Å². The minimum absolute atomic E-state index is 0.164. The Hall–Kier alpha value is -3.22. The average Bonchev–Trinajstić information content (AvgIpc) is 3.24. The number of aliphatic imine (C=N–C) groups is 1. The van der Waals surface area contributed by atoms with Crippen LogP contribution in [0.3, 0.4) is 0 Å². The molecule has 4 heterocycles. The molecule has 1 aliphatic rings. The Morgan fingerprint density at radius 3 is 2.86 bits per heavy atom. The van der Waals surface area contributed by atoms with Crippen LogP contribution in [0.5, 0.6) is 5.75 Å². The zero-order valence-corrected chi connectivity index (χ0v) is 20.6. The molecule has 3 aromatic rings. The van der Waals surface area contributed by atoms with E-state index in [0.29, 0.717) is 32.7 Å². The van der Waals surface area contributed by atoms with Gasteiger partial charge in [-0.2, -0.15) is 10.2 Å². The fourth-order valence-electron chi connectivity index (χ4n) is 4.01. The van der Waals surface area contributed by atoms with Crippen molar-refractivity contribution in [2.45, 2.75) is 31.9 Å². The number of pyridine rings is 2. The summed E-state index contributed by atoms with van der Waals surface area (Å²) in [5, 5.41) is 19.9. The lowest BCUT2D eigenvalue weighted by atomic mass is 10.0. The van der Waals surface area contributed by atoms with Crippen molar-refractivity contribution in [2.75, 3.05) is 19.7 Å². The third-order valence-corrected chi connectivity index (χ3v) is 6.33. The van der Waals surface area contributed by atoms with Gasteiger partial charge < -0.3 is 21.0 Å². The number of aliphatic hydroxyl groups is 1. The first kappa shape index (κ1) is 24.9. The normalized spacial score (nSPS) is 16.5. The molecule has 0 radical (unpaired) electrons. The Kier molecular flexibility index (Phi) is 7.83. The van der Waals surface area contributed by atoms with Crippen LogP contribution in [-0.4, -0.2) is 58.1 Å². The number of ketones is 1. The van der Waals surface area contributed by atoms with Crippen LogP contribution in [0.25, 0.3) is 5.52 Å². The summed E-state index contributed by atoms with van der Waals surface area (Å²) in [5.74, 6) is 4.89. The molecule has 0 aromatic carbocycles.